The highest BCUT2D eigenvalue weighted by Gasteiger charge is 2.13. The van der Waals surface area contributed by atoms with Gasteiger partial charge in [0.2, 0.25) is 0 Å². The van der Waals surface area contributed by atoms with Crippen LogP contribution in [0.1, 0.15) is 18.5 Å². The summed E-state index contributed by atoms with van der Waals surface area (Å²) >= 11 is 2.87. The Hall–Kier alpha value is -0.480. The molecule has 0 aliphatic carbocycles. The molecule has 12 heavy (non-hydrogen) atoms. The Bertz CT molecular complexity index is 299. The summed E-state index contributed by atoms with van der Waals surface area (Å²) in [7, 11) is 0. The maximum Gasteiger partial charge on any atom is 0.173 e. The first-order valence-corrected chi connectivity index (χ1v) is 4.22. The molecule has 0 aliphatic rings. The monoisotopic (exact) mass is 235 g/mol. The highest BCUT2D eigenvalue weighted by atomic mass is 79.9. The van der Waals surface area contributed by atoms with E-state index in [1.807, 2.05) is 0 Å². The minimum absolute atomic E-state index is 0.115. The third-order valence-corrected chi connectivity index (χ3v) is 2.17. The lowest BCUT2D eigenvalue weighted by Gasteiger charge is -2.07. The summed E-state index contributed by atoms with van der Waals surface area (Å²) in [5.74, 6) is -1.76. The van der Waals surface area contributed by atoms with Gasteiger partial charge in [0.05, 0.1) is 4.47 Å². The predicted octanol–water partition coefficient (Wildman–Crippen LogP) is 2.75. The zero-order chi connectivity index (χ0) is 9.30. The van der Waals surface area contributed by atoms with Gasteiger partial charge in [0, 0.05) is 11.6 Å². The van der Waals surface area contributed by atoms with Crippen molar-refractivity contribution in [3.8, 4) is 0 Å². The molecule has 0 aliphatic heterocycles. The second-order valence-electron chi connectivity index (χ2n) is 2.55. The molecular formula is C8H8BrF2N. The molecule has 0 bridgehead atoms. The molecule has 2 N–H and O–H groups in total. The van der Waals surface area contributed by atoms with E-state index < -0.39 is 17.7 Å². The largest absolute Gasteiger partial charge is 0.324 e. The summed E-state index contributed by atoms with van der Waals surface area (Å²) in [5.41, 5.74) is 5.60. The van der Waals surface area contributed by atoms with Gasteiger partial charge >= 0.3 is 0 Å². The van der Waals surface area contributed by atoms with Gasteiger partial charge in [0.15, 0.2) is 11.6 Å². The molecular weight excluding hydrogens is 228 g/mol. The summed E-state index contributed by atoms with van der Waals surface area (Å²) in [4.78, 5) is 0. The maximum atomic E-state index is 13.0. The van der Waals surface area contributed by atoms with E-state index in [0.29, 0.717) is 0 Å². The summed E-state index contributed by atoms with van der Waals surface area (Å²) < 4.78 is 26.0. The second kappa shape index (κ2) is 3.49. The topological polar surface area (TPSA) is 26.0 Å². The highest BCUT2D eigenvalue weighted by Crippen LogP contribution is 2.23. The Morgan fingerprint density at radius 1 is 1.33 bits per heavy atom. The molecule has 4 heteroatoms. The number of halogens is 3. The lowest BCUT2D eigenvalue weighted by atomic mass is 10.1. The van der Waals surface area contributed by atoms with Crippen molar-refractivity contribution in [3.05, 3.63) is 33.8 Å². The van der Waals surface area contributed by atoms with Crippen LogP contribution in [-0.4, -0.2) is 0 Å². The Labute approximate surface area is 77.7 Å². The molecule has 0 radical (unpaired) electrons. The van der Waals surface area contributed by atoms with Crippen LogP contribution in [0.15, 0.2) is 16.6 Å². The van der Waals surface area contributed by atoms with Gasteiger partial charge in [-0.1, -0.05) is 6.07 Å². The summed E-state index contributed by atoms with van der Waals surface area (Å²) in [6.45, 7) is 1.60. The van der Waals surface area contributed by atoms with Gasteiger partial charge in [-0.05, 0) is 28.9 Å². The van der Waals surface area contributed by atoms with Crippen molar-refractivity contribution < 1.29 is 8.78 Å². The lowest BCUT2D eigenvalue weighted by molar-refractivity contribution is 0.488. The standard InChI is InChI=1S/C8H8BrF2N/c1-4(12)5-2-3-6(9)8(11)7(5)10/h2-4H,12H2,1H3/t4-/m0/s1. The van der Waals surface area contributed by atoms with Crippen LogP contribution < -0.4 is 5.73 Å². The maximum absolute atomic E-state index is 13.0. The smallest absolute Gasteiger partial charge is 0.173 e. The fourth-order valence-electron chi connectivity index (χ4n) is 0.893. The number of rotatable bonds is 1. The van der Waals surface area contributed by atoms with E-state index in [1.54, 1.807) is 6.92 Å². The van der Waals surface area contributed by atoms with E-state index in [0.717, 1.165) is 0 Å². The molecule has 1 rings (SSSR count). The number of hydrogen-bond acceptors (Lipinski definition) is 1. The first-order chi connectivity index (χ1) is 5.54. The molecule has 0 saturated heterocycles. The summed E-state index contributed by atoms with van der Waals surface area (Å²) in [5, 5.41) is 0. The molecule has 1 atom stereocenters. The van der Waals surface area contributed by atoms with Gasteiger partial charge in [-0.25, -0.2) is 8.78 Å². The van der Waals surface area contributed by atoms with Crippen LogP contribution in [0.3, 0.4) is 0 Å². The molecule has 1 nitrogen and oxygen atoms in total. The Morgan fingerprint density at radius 2 is 1.92 bits per heavy atom. The van der Waals surface area contributed by atoms with Crippen LogP contribution in [0.2, 0.25) is 0 Å². The zero-order valence-corrected chi connectivity index (χ0v) is 8.03. The van der Waals surface area contributed by atoms with Gasteiger partial charge in [0.1, 0.15) is 0 Å². The average molecular weight is 236 g/mol. The fraction of sp³-hybridized carbons (Fsp3) is 0.250. The van der Waals surface area contributed by atoms with E-state index in [4.69, 9.17) is 5.73 Å². The van der Waals surface area contributed by atoms with Gasteiger partial charge in [-0.15, -0.1) is 0 Å². The molecule has 0 spiro atoms. The molecule has 1 aromatic rings. The van der Waals surface area contributed by atoms with Crippen molar-refractivity contribution in [1.29, 1.82) is 0 Å². The molecule has 0 heterocycles. The van der Waals surface area contributed by atoms with Gasteiger partial charge in [-0.3, -0.25) is 0 Å². The molecule has 0 aromatic heterocycles. The average Bonchev–Trinajstić information content (AvgIpc) is 2.00. The third kappa shape index (κ3) is 1.64. The normalized spacial score (nSPS) is 13.1. The summed E-state index contributed by atoms with van der Waals surface area (Å²) in [6.07, 6.45) is 0. The molecule has 0 fully saturated rings. The molecule has 0 unspecified atom stereocenters. The van der Waals surface area contributed by atoms with Crippen molar-refractivity contribution in [1.82, 2.24) is 0 Å². The SMILES string of the molecule is C[C@H](N)c1ccc(Br)c(F)c1F. The van der Waals surface area contributed by atoms with E-state index in [1.165, 1.54) is 12.1 Å². The predicted molar refractivity (Wildman–Crippen MR) is 46.7 cm³/mol. The first-order valence-electron chi connectivity index (χ1n) is 3.43. The van der Waals surface area contributed by atoms with Crippen LogP contribution >= 0.6 is 15.9 Å². The minimum atomic E-state index is -0.884. The Morgan fingerprint density at radius 3 is 2.42 bits per heavy atom. The van der Waals surface area contributed by atoms with E-state index >= 15 is 0 Å². The van der Waals surface area contributed by atoms with Crippen molar-refractivity contribution in [3.63, 3.8) is 0 Å². The number of hydrogen-bond donors (Lipinski definition) is 1. The van der Waals surface area contributed by atoms with Crippen molar-refractivity contribution in [2.45, 2.75) is 13.0 Å². The molecule has 0 saturated carbocycles. The quantitative estimate of drug-likeness (QED) is 0.745. The molecule has 66 valence electrons. The van der Waals surface area contributed by atoms with Crippen molar-refractivity contribution in [2.24, 2.45) is 5.73 Å². The van der Waals surface area contributed by atoms with E-state index in [9.17, 15) is 8.78 Å². The van der Waals surface area contributed by atoms with Gasteiger partial charge in [-0.2, -0.15) is 0 Å². The van der Waals surface area contributed by atoms with E-state index in [2.05, 4.69) is 15.9 Å². The third-order valence-electron chi connectivity index (χ3n) is 1.56. The summed E-state index contributed by atoms with van der Waals surface area (Å²) in [6, 6.07) is 2.41. The number of nitrogens with two attached hydrogens (primary N) is 1. The van der Waals surface area contributed by atoms with Gasteiger partial charge in [0.25, 0.3) is 0 Å². The first kappa shape index (κ1) is 9.61. The van der Waals surface area contributed by atoms with Crippen LogP contribution in [-0.2, 0) is 0 Å². The van der Waals surface area contributed by atoms with Crippen molar-refractivity contribution >= 4 is 15.9 Å². The Kier molecular flexibility index (Phi) is 2.80. The lowest BCUT2D eigenvalue weighted by Crippen LogP contribution is -2.08. The second-order valence-corrected chi connectivity index (χ2v) is 3.41. The van der Waals surface area contributed by atoms with Crippen LogP contribution in [0.4, 0.5) is 8.78 Å². The van der Waals surface area contributed by atoms with E-state index in [-0.39, 0.29) is 10.0 Å². The van der Waals surface area contributed by atoms with Crippen LogP contribution in [0, 0.1) is 11.6 Å². The van der Waals surface area contributed by atoms with Crippen LogP contribution in [0.25, 0.3) is 0 Å². The Balaban J connectivity index is 3.27. The molecule has 0 amide bonds. The zero-order valence-electron chi connectivity index (χ0n) is 6.44. The van der Waals surface area contributed by atoms with Crippen molar-refractivity contribution in [2.75, 3.05) is 0 Å². The van der Waals surface area contributed by atoms with Crippen LogP contribution in [0.5, 0.6) is 0 Å². The van der Waals surface area contributed by atoms with Gasteiger partial charge < -0.3 is 5.73 Å². The molecule has 1 aromatic carbocycles. The highest BCUT2D eigenvalue weighted by molar-refractivity contribution is 9.10. The fourth-order valence-corrected chi connectivity index (χ4v) is 1.20. The minimum Gasteiger partial charge on any atom is -0.324 e. The number of benzene rings is 1.